The number of carbonyl (C=O) groups is 1. The van der Waals surface area contributed by atoms with Crippen LogP contribution in [0.5, 0.6) is 0 Å². The minimum Gasteiger partial charge on any atom is -0.292 e. The van der Waals surface area contributed by atoms with Gasteiger partial charge in [0.15, 0.2) is 0 Å². The van der Waals surface area contributed by atoms with Gasteiger partial charge in [-0.2, -0.15) is 0 Å². The fourth-order valence-corrected chi connectivity index (χ4v) is 2.02. The highest BCUT2D eigenvalue weighted by molar-refractivity contribution is 5.96. The van der Waals surface area contributed by atoms with Gasteiger partial charge in [0.05, 0.1) is 37.4 Å². The molecule has 0 atom stereocenters. The molecule has 0 heterocycles. The quantitative estimate of drug-likeness (QED) is 0.516. The molecule has 28 heavy (non-hydrogen) atoms. The first-order chi connectivity index (χ1) is 13.1. The second-order valence-corrected chi connectivity index (χ2v) is 5.05. The molecule has 0 saturated heterocycles. The lowest BCUT2D eigenvalue weighted by Crippen LogP contribution is -2.29. The maximum absolute atomic E-state index is 12.1. The first kappa shape index (κ1) is 19.6. The highest BCUT2D eigenvalue weighted by Crippen LogP contribution is 2.28. The molecule has 2 rings (SSSR count). The fraction of sp³-hybridized carbons (Fsp3) is 0. The van der Waals surface area contributed by atoms with Gasteiger partial charge in [-0.05, 0) is 6.07 Å². The Labute approximate surface area is 153 Å². The van der Waals surface area contributed by atoms with Crippen LogP contribution < -0.4 is 10.9 Å². The molecule has 0 bridgehead atoms. The molecule has 2 N–H and O–H groups in total. The molecule has 1 amide bonds. The van der Waals surface area contributed by atoms with Crippen molar-refractivity contribution in [3.05, 3.63) is 82.4 Å². The maximum Gasteiger partial charge on any atom is 0.300 e. The van der Waals surface area contributed by atoms with Crippen LogP contribution in [-0.4, -0.2) is 25.6 Å². The molecule has 0 aliphatic rings. The van der Waals surface area contributed by atoms with Gasteiger partial charge in [0.2, 0.25) is 0 Å². The average Bonchev–Trinajstić information content (AvgIpc) is 2.65. The molecule has 144 valence electrons. The van der Waals surface area contributed by atoms with E-state index in [9.17, 15) is 45.3 Å². The Bertz CT molecular complexity index is 989. The fourth-order valence-electron chi connectivity index (χ4n) is 2.02. The van der Waals surface area contributed by atoms with Gasteiger partial charge >= 0.3 is 5.69 Å². The summed E-state index contributed by atoms with van der Waals surface area (Å²) >= 11 is 0. The summed E-state index contributed by atoms with van der Waals surface area (Å²) in [4.78, 5) is 51.9. The molecule has 0 aliphatic carbocycles. The summed E-state index contributed by atoms with van der Waals surface area (Å²) in [5.74, 6) is -1.07. The number of nitrogens with zero attached hydrogens (tertiary/aromatic N) is 4. The van der Waals surface area contributed by atoms with Crippen LogP contribution in [0, 0.1) is 40.5 Å². The van der Waals surface area contributed by atoms with E-state index in [1.54, 1.807) is 0 Å². The van der Waals surface area contributed by atoms with Gasteiger partial charge in [-0.1, -0.05) is 0 Å². The summed E-state index contributed by atoms with van der Waals surface area (Å²) in [5.41, 5.74) is 0.664. The van der Waals surface area contributed by atoms with Crippen LogP contribution in [0.2, 0.25) is 0 Å². The van der Waals surface area contributed by atoms with E-state index < -0.39 is 53.9 Å². The number of benzene rings is 2. The topological polar surface area (TPSA) is 214 Å². The maximum atomic E-state index is 12.1. The van der Waals surface area contributed by atoms with Gasteiger partial charge in [-0.15, -0.1) is 0 Å². The third-order valence-corrected chi connectivity index (χ3v) is 3.29. The Hall–Kier alpha value is -4.69. The summed E-state index contributed by atoms with van der Waals surface area (Å²) in [6, 6.07) is 4.77. The Morgan fingerprint density at radius 3 is 1.71 bits per heavy atom. The van der Waals surface area contributed by atoms with Gasteiger partial charge < -0.3 is 0 Å². The first-order valence-electron chi connectivity index (χ1n) is 7.03. The molecular formula is C13H8N6O9. The van der Waals surface area contributed by atoms with Gasteiger partial charge in [0.1, 0.15) is 5.69 Å². The van der Waals surface area contributed by atoms with E-state index in [0.29, 0.717) is 12.1 Å². The zero-order valence-corrected chi connectivity index (χ0v) is 13.4. The highest BCUT2D eigenvalue weighted by Gasteiger charge is 2.22. The van der Waals surface area contributed by atoms with Crippen LogP contribution in [0.15, 0.2) is 36.4 Å². The Kier molecular flexibility index (Phi) is 5.39. The summed E-state index contributed by atoms with van der Waals surface area (Å²) in [6.45, 7) is 0. The molecule has 0 spiro atoms. The van der Waals surface area contributed by atoms with Crippen molar-refractivity contribution >= 4 is 34.3 Å². The van der Waals surface area contributed by atoms with Gasteiger partial charge in [0.25, 0.3) is 23.0 Å². The zero-order chi connectivity index (χ0) is 21.0. The lowest BCUT2D eigenvalue weighted by Gasteiger charge is -2.09. The van der Waals surface area contributed by atoms with Crippen LogP contribution in [0.25, 0.3) is 0 Å². The largest absolute Gasteiger partial charge is 0.300 e. The van der Waals surface area contributed by atoms with Crippen molar-refractivity contribution < 1.29 is 24.5 Å². The second-order valence-electron chi connectivity index (χ2n) is 5.05. The molecule has 2 aromatic carbocycles. The summed E-state index contributed by atoms with van der Waals surface area (Å²) < 4.78 is 0. The molecular weight excluding hydrogens is 384 g/mol. The lowest BCUT2D eigenvalue weighted by atomic mass is 10.1. The molecule has 2 aromatic rings. The van der Waals surface area contributed by atoms with E-state index in [2.05, 4.69) is 5.43 Å². The number of hydrogen-bond acceptors (Lipinski definition) is 10. The summed E-state index contributed by atoms with van der Waals surface area (Å²) in [5, 5.41) is 43.4. The third kappa shape index (κ3) is 4.28. The lowest BCUT2D eigenvalue weighted by molar-refractivity contribution is -0.394. The molecule has 0 aromatic heterocycles. The smallest absolute Gasteiger partial charge is 0.292 e. The van der Waals surface area contributed by atoms with Gasteiger partial charge in [-0.25, -0.2) is 0 Å². The van der Waals surface area contributed by atoms with Crippen molar-refractivity contribution in [1.29, 1.82) is 0 Å². The predicted molar refractivity (Wildman–Crippen MR) is 90.6 cm³/mol. The standard InChI is InChI=1S/C13H8N6O9/c20-13(7-3-9(17(23)24)5-10(4-7)18(25)26)15-14-11-2-1-8(16(21)22)6-12(11)19(27)28/h1-6,14H,(H,15,20). The third-order valence-electron chi connectivity index (χ3n) is 3.29. The normalized spacial score (nSPS) is 10.0. The minimum absolute atomic E-state index is 0.316. The second kappa shape index (κ2) is 7.68. The minimum atomic E-state index is -1.07. The van der Waals surface area contributed by atoms with Crippen molar-refractivity contribution in [1.82, 2.24) is 5.43 Å². The number of non-ortho nitro benzene ring substituents is 3. The molecule has 0 radical (unpaired) electrons. The predicted octanol–water partition coefficient (Wildman–Crippen LogP) is 2.08. The van der Waals surface area contributed by atoms with Crippen molar-refractivity contribution in [2.75, 3.05) is 5.43 Å². The zero-order valence-electron chi connectivity index (χ0n) is 13.4. The van der Waals surface area contributed by atoms with E-state index in [-0.39, 0.29) is 5.69 Å². The summed E-state index contributed by atoms with van der Waals surface area (Å²) in [7, 11) is 0. The first-order valence-corrected chi connectivity index (χ1v) is 7.03. The molecule has 0 aliphatic heterocycles. The number of nitro benzene ring substituents is 4. The SMILES string of the molecule is O=C(NNc1ccc([N+](=O)[O-])cc1[N+](=O)[O-])c1cc([N+](=O)[O-])cc([N+](=O)[O-])c1. The number of hydrazine groups is 1. The van der Waals surface area contributed by atoms with E-state index >= 15 is 0 Å². The van der Waals surface area contributed by atoms with E-state index in [0.717, 1.165) is 24.3 Å². The summed E-state index contributed by atoms with van der Waals surface area (Å²) in [6.07, 6.45) is 0. The number of amides is 1. The van der Waals surface area contributed by atoms with Crippen LogP contribution >= 0.6 is 0 Å². The van der Waals surface area contributed by atoms with Crippen molar-refractivity contribution in [3.63, 3.8) is 0 Å². The Morgan fingerprint density at radius 2 is 1.25 bits per heavy atom. The Balaban J connectivity index is 2.29. The van der Waals surface area contributed by atoms with Crippen molar-refractivity contribution in [2.45, 2.75) is 0 Å². The van der Waals surface area contributed by atoms with Crippen LogP contribution in [0.4, 0.5) is 28.4 Å². The molecule has 0 unspecified atom stereocenters. The van der Waals surface area contributed by atoms with Crippen molar-refractivity contribution in [2.24, 2.45) is 0 Å². The molecule has 0 fully saturated rings. The van der Waals surface area contributed by atoms with E-state index in [1.807, 2.05) is 5.43 Å². The molecule has 15 heteroatoms. The average molecular weight is 392 g/mol. The number of carbonyl (C=O) groups excluding carboxylic acids is 1. The number of hydrogen-bond donors (Lipinski definition) is 2. The molecule has 0 saturated carbocycles. The van der Waals surface area contributed by atoms with Crippen LogP contribution in [-0.2, 0) is 0 Å². The van der Waals surface area contributed by atoms with Crippen molar-refractivity contribution in [3.8, 4) is 0 Å². The van der Waals surface area contributed by atoms with E-state index in [1.165, 1.54) is 0 Å². The van der Waals surface area contributed by atoms with Crippen LogP contribution in [0.1, 0.15) is 10.4 Å². The number of rotatable bonds is 7. The van der Waals surface area contributed by atoms with Crippen LogP contribution in [0.3, 0.4) is 0 Å². The highest BCUT2D eigenvalue weighted by atomic mass is 16.6. The van der Waals surface area contributed by atoms with Gasteiger partial charge in [-0.3, -0.25) is 56.1 Å². The number of nitrogens with one attached hydrogen (secondary N) is 2. The number of anilines is 1. The molecule has 15 nitrogen and oxygen atoms in total. The van der Waals surface area contributed by atoms with Gasteiger partial charge in [0, 0.05) is 18.2 Å². The number of nitro groups is 4. The Morgan fingerprint density at radius 1 is 0.714 bits per heavy atom. The monoisotopic (exact) mass is 392 g/mol. The van der Waals surface area contributed by atoms with E-state index in [4.69, 9.17) is 0 Å².